The Balaban J connectivity index is 1.93. The Morgan fingerprint density at radius 3 is 2.38 bits per heavy atom. The van der Waals surface area contributed by atoms with Gasteiger partial charge in [-0.1, -0.05) is 6.07 Å². The molecule has 1 aliphatic rings. The molecule has 0 radical (unpaired) electrons. The number of methoxy groups -OCH3 is 1. The first kappa shape index (κ1) is 21.0. The van der Waals surface area contributed by atoms with Gasteiger partial charge >= 0.3 is 6.18 Å². The van der Waals surface area contributed by atoms with Gasteiger partial charge in [-0.3, -0.25) is 4.79 Å². The van der Waals surface area contributed by atoms with E-state index in [-0.39, 0.29) is 5.69 Å². The quantitative estimate of drug-likeness (QED) is 0.831. The minimum absolute atomic E-state index is 0.147. The van der Waals surface area contributed by atoms with Crippen molar-refractivity contribution >= 4 is 17.3 Å². The molecular weight excluding hydrogens is 383 g/mol. The highest BCUT2D eigenvalue weighted by atomic mass is 19.4. The number of ether oxygens (including phenoxy) is 1. The van der Waals surface area contributed by atoms with E-state index in [1.54, 1.807) is 18.2 Å². The first-order chi connectivity index (χ1) is 13.7. The van der Waals surface area contributed by atoms with E-state index in [1.165, 1.54) is 13.2 Å². The Labute approximate surface area is 168 Å². The van der Waals surface area contributed by atoms with Gasteiger partial charge in [-0.2, -0.15) is 13.2 Å². The maximum absolute atomic E-state index is 13.2. The second-order valence-electron chi connectivity index (χ2n) is 7.16. The van der Waals surface area contributed by atoms with Crippen LogP contribution in [0.3, 0.4) is 0 Å². The number of rotatable bonds is 4. The first-order valence-corrected chi connectivity index (χ1v) is 9.30. The largest absolute Gasteiger partial charge is 0.496 e. The van der Waals surface area contributed by atoms with Crippen LogP contribution in [-0.2, 0) is 6.18 Å². The van der Waals surface area contributed by atoms with Crippen LogP contribution in [0.1, 0.15) is 21.5 Å². The molecule has 29 heavy (non-hydrogen) atoms. The average Bonchev–Trinajstić information content (AvgIpc) is 2.68. The minimum atomic E-state index is -4.49. The van der Waals surface area contributed by atoms with E-state index in [1.807, 2.05) is 18.9 Å². The molecule has 1 aliphatic heterocycles. The van der Waals surface area contributed by atoms with Crippen LogP contribution in [0.5, 0.6) is 5.75 Å². The lowest BCUT2D eigenvalue weighted by Crippen LogP contribution is -2.44. The zero-order valence-electron chi connectivity index (χ0n) is 16.6. The number of likely N-dealkylation sites (N-methyl/N-ethyl adjacent to an activating group) is 1. The molecule has 0 spiro atoms. The number of carbonyl (C=O) groups excluding carboxylic acids is 1. The van der Waals surface area contributed by atoms with Gasteiger partial charge in [0, 0.05) is 31.7 Å². The summed E-state index contributed by atoms with van der Waals surface area (Å²) >= 11 is 0. The molecule has 8 heteroatoms. The summed E-state index contributed by atoms with van der Waals surface area (Å²) in [4.78, 5) is 16.9. The molecule has 0 atom stereocenters. The highest BCUT2D eigenvalue weighted by Gasteiger charge is 2.32. The standard InChI is InChI=1S/C21H24F3N3O2/c1-14-4-5-15(12-19(14)29-3)20(28)25-17-13-16(21(22,23)24)6-7-18(17)27-10-8-26(2)9-11-27/h4-7,12-13H,8-11H2,1-3H3,(H,25,28). The van der Waals surface area contributed by atoms with Crippen molar-refractivity contribution in [1.82, 2.24) is 4.90 Å². The van der Waals surface area contributed by atoms with Crippen molar-refractivity contribution in [2.75, 3.05) is 50.6 Å². The summed E-state index contributed by atoms with van der Waals surface area (Å²) in [6.45, 7) is 4.78. The number of nitrogens with zero attached hydrogens (tertiary/aromatic N) is 2. The lowest BCUT2D eigenvalue weighted by Gasteiger charge is -2.35. The Morgan fingerprint density at radius 1 is 1.07 bits per heavy atom. The number of halogens is 3. The summed E-state index contributed by atoms with van der Waals surface area (Å²) in [7, 11) is 3.50. The summed E-state index contributed by atoms with van der Waals surface area (Å²) in [5, 5.41) is 2.67. The van der Waals surface area contributed by atoms with E-state index in [0.29, 0.717) is 30.1 Å². The molecule has 0 saturated carbocycles. The van der Waals surface area contributed by atoms with Crippen molar-refractivity contribution in [2.45, 2.75) is 13.1 Å². The van der Waals surface area contributed by atoms with Crippen molar-refractivity contribution in [3.8, 4) is 5.75 Å². The smallest absolute Gasteiger partial charge is 0.416 e. The summed E-state index contributed by atoms with van der Waals surface area (Å²) in [5.41, 5.74) is 1.11. The summed E-state index contributed by atoms with van der Waals surface area (Å²) in [6, 6.07) is 8.42. The molecule has 2 aromatic rings. The third kappa shape index (κ3) is 4.82. The van der Waals surface area contributed by atoms with E-state index in [9.17, 15) is 18.0 Å². The normalized spacial score (nSPS) is 15.3. The van der Waals surface area contributed by atoms with Crippen molar-refractivity contribution in [3.63, 3.8) is 0 Å². The molecule has 1 fully saturated rings. The van der Waals surface area contributed by atoms with Crippen LogP contribution in [0.2, 0.25) is 0 Å². The number of hydrogen-bond acceptors (Lipinski definition) is 4. The minimum Gasteiger partial charge on any atom is -0.496 e. The molecule has 5 nitrogen and oxygen atoms in total. The zero-order valence-corrected chi connectivity index (χ0v) is 16.6. The molecule has 0 aromatic heterocycles. The third-order valence-electron chi connectivity index (χ3n) is 5.09. The topological polar surface area (TPSA) is 44.8 Å². The lowest BCUT2D eigenvalue weighted by molar-refractivity contribution is -0.137. The predicted molar refractivity (Wildman–Crippen MR) is 107 cm³/mol. The van der Waals surface area contributed by atoms with Gasteiger partial charge in [0.25, 0.3) is 5.91 Å². The molecule has 0 aliphatic carbocycles. The van der Waals surface area contributed by atoms with E-state index in [0.717, 1.165) is 30.8 Å². The number of amides is 1. The van der Waals surface area contributed by atoms with Gasteiger partial charge < -0.3 is 19.9 Å². The van der Waals surface area contributed by atoms with E-state index >= 15 is 0 Å². The second-order valence-corrected chi connectivity index (χ2v) is 7.16. The van der Waals surface area contributed by atoms with Crippen LogP contribution in [0.4, 0.5) is 24.5 Å². The molecular formula is C21H24F3N3O2. The molecule has 3 rings (SSSR count). The molecule has 1 saturated heterocycles. The molecule has 1 amide bonds. The Bertz CT molecular complexity index is 891. The fraction of sp³-hybridized carbons (Fsp3) is 0.381. The van der Waals surface area contributed by atoms with Crippen LogP contribution in [-0.4, -0.2) is 51.1 Å². The maximum atomic E-state index is 13.2. The van der Waals surface area contributed by atoms with E-state index < -0.39 is 17.6 Å². The average molecular weight is 407 g/mol. The SMILES string of the molecule is COc1cc(C(=O)Nc2cc(C(F)(F)F)ccc2N2CCN(C)CC2)ccc1C. The Morgan fingerprint density at radius 2 is 1.76 bits per heavy atom. The van der Waals surface area contributed by atoms with E-state index in [4.69, 9.17) is 4.74 Å². The molecule has 0 unspecified atom stereocenters. The van der Waals surface area contributed by atoms with Crippen LogP contribution in [0, 0.1) is 6.92 Å². The molecule has 1 N–H and O–H groups in total. The van der Waals surface area contributed by atoms with Crippen molar-refractivity contribution in [3.05, 3.63) is 53.1 Å². The number of alkyl halides is 3. The van der Waals surface area contributed by atoms with Gasteiger partial charge in [-0.05, 0) is 49.9 Å². The van der Waals surface area contributed by atoms with Crippen LogP contribution in [0.25, 0.3) is 0 Å². The Kier molecular flexibility index (Phi) is 6.02. The maximum Gasteiger partial charge on any atom is 0.416 e. The number of benzene rings is 2. The number of anilines is 2. The molecule has 2 aromatic carbocycles. The molecule has 156 valence electrons. The number of nitrogens with one attached hydrogen (secondary N) is 1. The van der Waals surface area contributed by atoms with Gasteiger partial charge in [0.05, 0.1) is 24.0 Å². The fourth-order valence-electron chi connectivity index (χ4n) is 3.29. The van der Waals surface area contributed by atoms with Gasteiger partial charge in [-0.15, -0.1) is 0 Å². The van der Waals surface area contributed by atoms with E-state index in [2.05, 4.69) is 10.2 Å². The molecule has 1 heterocycles. The monoisotopic (exact) mass is 407 g/mol. The van der Waals surface area contributed by atoms with Crippen LogP contribution in [0.15, 0.2) is 36.4 Å². The Hall–Kier alpha value is -2.74. The first-order valence-electron chi connectivity index (χ1n) is 9.30. The highest BCUT2D eigenvalue weighted by molar-refractivity contribution is 6.06. The highest BCUT2D eigenvalue weighted by Crippen LogP contribution is 2.36. The van der Waals surface area contributed by atoms with Crippen LogP contribution < -0.4 is 15.0 Å². The van der Waals surface area contributed by atoms with Crippen molar-refractivity contribution < 1.29 is 22.7 Å². The molecule has 0 bridgehead atoms. The van der Waals surface area contributed by atoms with Crippen molar-refractivity contribution in [1.29, 1.82) is 0 Å². The third-order valence-corrected chi connectivity index (χ3v) is 5.09. The van der Waals surface area contributed by atoms with Gasteiger partial charge in [0.15, 0.2) is 0 Å². The summed E-state index contributed by atoms with van der Waals surface area (Å²) < 4.78 is 45.0. The number of hydrogen-bond donors (Lipinski definition) is 1. The van der Waals surface area contributed by atoms with Gasteiger partial charge in [-0.25, -0.2) is 0 Å². The number of carbonyl (C=O) groups is 1. The zero-order chi connectivity index (χ0) is 21.2. The van der Waals surface area contributed by atoms with Crippen LogP contribution >= 0.6 is 0 Å². The van der Waals surface area contributed by atoms with Crippen molar-refractivity contribution in [2.24, 2.45) is 0 Å². The number of aryl methyl sites for hydroxylation is 1. The van der Waals surface area contributed by atoms with Gasteiger partial charge in [0.2, 0.25) is 0 Å². The summed E-state index contributed by atoms with van der Waals surface area (Å²) in [5.74, 6) is 0.0546. The number of piperazine rings is 1. The second kappa shape index (κ2) is 8.32. The van der Waals surface area contributed by atoms with Gasteiger partial charge in [0.1, 0.15) is 5.75 Å². The fourth-order valence-corrected chi connectivity index (χ4v) is 3.29. The predicted octanol–water partition coefficient (Wildman–Crippen LogP) is 4.03. The summed E-state index contributed by atoms with van der Waals surface area (Å²) in [6.07, 6.45) is -4.49. The lowest BCUT2D eigenvalue weighted by atomic mass is 10.1.